The van der Waals surface area contributed by atoms with Crippen LogP contribution in [-0.2, 0) is 0 Å². The van der Waals surface area contributed by atoms with Gasteiger partial charge in [-0.15, -0.1) is 0 Å². The number of benzene rings is 4. The lowest BCUT2D eigenvalue weighted by Gasteiger charge is -2.39. The first-order valence-electron chi connectivity index (χ1n) is 16.1. The van der Waals surface area contributed by atoms with Crippen LogP contribution in [0.15, 0.2) is 72.8 Å². The predicted octanol–water partition coefficient (Wildman–Crippen LogP) is 10.5. The summed E-state index contributed by atoms with van der Waals surface area (Å²) in [6, 6.07) is 26.3. The molecule has 0 radical (unpaired) electrons. The molecule has 0 amide bonds. The topological polar surface area (TPSA) is 18.5 Å². The summed E-state index contributed by atoms with van der Waals surface area (Å²) in [7, 11) is 0. The zero-order chi connectivity index (χ0) is 26.9. The van der Waals surface area contributed by atoms with E-state index >= 15 is 0 Å². The third-order valence-electron chi connectivity index (χ3n) is 10.6. The highest BCUT2D eigenvalue weighted by Crippen LogP contribution is 2.46. The first kappa shape index (κ1) is 25.9. The van der Waals surface area contributed by atoms with Gasteiger partial charge in [0.1, 0.15) is 11.5 Å². The molecule has 1 aliphatic heterocycles. The van der Waals surface area contributed by atoms with Gasteiger partial charge in [-0.3, -0.25) is 0 Å². The van der Waals surface area contributed by atoms with E-state index in [-0.39, 0.29) is 0 Å². The summed E-state index contributed by atoms with van der Waals surface area (Å²) in [5.74, 6) is 5.99. The van der Waals surface area contributed by atoms with Gasteiger partial charge in [0.2, 0.25) is 0 Å². The maximum atomic E-state index is 6.75. The largest absolute Gasteiger partial charge is 0.492 e. The molecule has 4 aromatic rings. The molecule has 2 saturated carbocycles. The molecule has 0 N–H and O–H groups in total. The molecular formula is C38H44O2. The van der Waals surface area contributed by atoms with Crippen molar-refractivity contribution in [2.45, 2.75) is 71.1 Å². The smallest absolute Gasteiger partial charge is 0.127 e. The number of hydrogen-bond acceptors (Lipinski definition) is 2. The number of fused-ring (bicyclic) bond motifs is 5. The Balaban J connectivity index is 1.13. The molecular weight excluding hydrogens is 488 g/mol. The second-order valence-electron chi connectivity index (χ2n) is 13.0. The summed E-state index contributed by atoms with van der Waals surface area (Å²) in [6.07, 6.45) is 14.1. The van der Waals surface area contributed by atoms with Crippen molar-refractivity contribution in [2.75, 3.05) is 13.2 Å². The molecule has 2 heteroatoms. The lowest BCUT2D eigenvalue weighted by molar-refractivity contribution is 0.0784. The van der Waals surface area contributed by atoms with Crippen molar-refractivity contribution < 1.29 is 9.47 Å². The molecule has 2 fully saturated rings. The second-order valence-corrected chi connectivity index (χ2v) is 13.0. The molecule has 4 aromatic carbocycles. The van der Waals surface area contributed by atoms with E-state index in [1.807, 2.05) is 0 Å². The Labute approximate surface area is 240 Å². The Morgan fingerprint density at radius 2 is 0.925 bits per heavy atom. The Hall–Kier alpha value is -3.00. The lowest BCUT2D eigenvalue weighted by Crippen LogP contribution is -2.33. The molecule has 0 bridgehead atoms. The minimum absolute atomic E-state index is 0.415. The molecule has 1 heterocycles. The van der Waals surface area contributed by atoms with Crippen molar-refractivity contribution >= 4 is 21.5 Å². The van der Waals surface area contributed by atoms with E-state index in [1.54, 1.807) is 0 Å². The Bertz CT molecular complexity index is 1370. The summed E-state index contributed by atoms with van der Waals surface area (Å²) in [4.78, 5) is 0. The molecule has 2 nitrogen and oxygen atoms in total. The van der Waals surface area contributed by atoms with E-state index in [0.29, 0.717) is 11.8 Å². The third-order valence-corrected chi connectivity index (χ3v) is 10.6. The van der Waals surface area contributed by atoms with E-state index in [0.717, 1.165) is 53.6 Å². The average Bonchev–Trinajstić information content (AvgIpc) is 3.07. The van der Waals surface area contributed by atoms with E-state index in [9.17, 15) is 0 Å². The van der Waals surface area contributed by atoms with Gasteiger partial charge in [0.15, 0.2) is 0 Å². The first-order valence-corrected chi connectivity index (χ1v) is 16.1. The highest BCUT2D eigenvalue weighted by Gasteiger charge is 2.34. The number of rotatable bonds is 4. The van der Waals surface area contributed by atoms with Crippen LogP contribution < -0.4 is 9.47 Å². The number of ether oxygens (including phenoxy) is 2. The van der Waals surface area contributed by atoms with Crippen molar-refractivity contribution in [2.24, 2.45) is 29.6 Å². The van der Waals surface area contributed by atoms with Crippen LogP contribution in [0.4, 0.5) is 0 Å². The van der Waals surface area contributed by atoms with Crippen LogP contribution in [0.2, 0.25) is 0 Å². The van der Waals surface area contributed by atoms with Gasteiger partial charge in [-0.1, -0.05) is 81.1 Å². The summed E-state index contributed by atoms with van der Waals surface area (Å²) in [6.45, 7) is 3.81. The first-order chi connectivity index (χ1) is 19.7. The monoisotopic (exact) mass is 532 g/mol. The summed E-state index contributed by atoms with van der Waals surface area (Å²) in [5, 5.41) is 4.94. The van der Waals surface area contributed by atoms with E-state index in [4.69, 9.17) is 9.47 Å². The summed E-state index contributed by atoms with van der Waals surface area (Å²) < 4.78 is 13.5. The van der Waals surface area contributed by atoms with Crippen LogP contribution in [0.3, 0.4) is 0 Å². The standard InChI is InChI=1S/C38H44O2/c1-2-7-26-12-14-27(15-13-26)28-16-18-29(19-17-28)34-24-39-37-22-32-10-5-3-8-30(32)20-35(37)36-21-31-9-4-6-11-33(31)23-38(36)40-25-34/h3-6,8-11,20-23,26-29,34H,2,7,12-19,24-25H2,1H3. The molecule has 0 saturated heterocycles. The minimum atomic E-state index is 0.415. The highest BCUT2D eigenvalue weighted by atomic mass is 16.5. The molecule has 0 atom stereocenters. The third kappa shape index (κ3) is 5.22. The van der Waals surface area contributed by atoms with E-state index < -0.39 is 0 Å². The lowest BCUT2D eigenvalue weighted by atomic mass is 9.67. The van der Waals surface area contributed by atoms with Gasteiger partial charge in [0.05, 0.1) is 13.2 Å². The van der Waals surface area contributed by atoms with Crippen molar-refractivity contribution in [3.63, 3.8) is 0 Å². The van der Waals surface area contributed by atoms with Gasteiger partial charge >= 0.3 is 0 Å². The van der Waals surface area contributed by atoms with Gasteiger partial charge in [-0.2, -0.15) is 0 Å². The van der Waals surface area contributed by atoms with Crippen molar-refractivity contribution in [3.05, 3.63) is 72.8 Å². The van der Waals surface area contributed by atoms with Crippen LogP contribution in [0.5, 0.6) is 11.5 Å². The Morgan fingerprint density at radius 1 is 0.525 bits per heavy atom. The maximum Gasteiger partial charge on any atom is 0.127 e. The van der Waals surface area contributed by atoms with E-state index in [1.165, 1.54) is 85.8 Å². The Kier molecular flexibility index (Phi) is 7.44. The maximum absolute atomic E-state index is 6.75. The molecule has 0 spiro atoms. The normalized spacial score (nSPS) is 25.6. The van der Waals surface area contributed by atoms with Crippen molar-refractivity contribution in [1.82, 2.24) is 0 Å². The molecule has 40 heavy (non-hydrogen) atoms. The van der Waals surface area contributed by atoms with Gasteiger partial charge in [-0.05, 0) is 108 Å². The molecule has 3 aliphatic rings. The van der Waals surface area contributed by atoms with Gasteiger partial charge < -0.3 is 9.47 Å². The second kappa shape index (κ2) is 11.5. The van der Waals surface area contributed by atoms with Crippen molar-refractivity contribution in [3.8, 4) is 22.6 Å². The molecule has 0 unspecified atom stereocenters. The fourth-order valence-corrected chi connectivity index (χ4v) is 8.26. The van der Waals surface area contributed by atoms with Gasteiger partial charge in [-0.25, -0.2) is 0 Å². The highest BCUT2D eigenvalue weighted by molar-refractivity contribution is 5.96. The van der Waals surface area contributed by atoms with Crippen molar-refractivity contribution in [1.29, 1.82) is 0 Å². The van der Waals surface area contributed by atoms with E-state index in [2.05, 4.69) is 79.7 Å². The SMILES string of the molecule is CCCC1CCC(C2CCC(C3COc4cc5ccccc5cc4-c4cc5ccccc5cc4OC3)CC2)CC1. The molecule has 2 aliphatic carbocycles. The number of hydrogen-bond donors (Lipinski definition) is 0. The zero-order valence-corrected chi connectivity index (χ0v) is 24.1. The fourth-order valence-electron chi connectivity index (χ4n) is 8.26. The van der Waals surface area contributed by atoms with Gasteiger partial charge in [0.25, 0.3) is 0 Å². The average molecular weight is 533 g/mol. The minimum Gasteiger partial charge on any atom is -0.492 e. The summed E-state index contributed by atoms with van der Waals surface area (Å²) >= 11 is 0. The quantitative estimate of drug-likeness (QED) is 0.260. The Morgan fingerprint density at radius 3 is 1.38 bits per heavy atom. The van der Waals surface area contributed by atoms with Crippen LogP contribution in [0.1, 0.15) is 71.1 Å². The zero-order valence-electron chi connectivity index (χ0n) is 24.1. The molecule has 0 aromatic heterocycles. The summed E-state index contributed by atoms with van der Waals surface area (Å²) in [5.41, 5.74) is 2.28. The molecule has 208 valence electrons. The predicted molar refractivity (Wildman–Crippen MR) is 167 cm³/mol. The van der Waals surface area contributed by atoms with Crippen LogP contribution in [-0.4, -0.2) is 13.2 Å². The fraction of sp³-hybridized carbons (Fsp3) is 0.474. The van der Waals surface area contributed by atoms with Crippen LogP contribution in [0.25, 0.3) is 32.7 Å². The molecule has 7 rings (SSSR count). The van der Waals surface area contributed by atoms with Crippen LogP contribution in [0, 0.1) is 29.6 Å². The van der Waals surface area contributed by atoms with Gasteiger partial charge in [0, 0.05) is 17.0 Å². The van der Waals surface area contributed by atoms with Crippen LogP contribution >= 0.6 is 0 Å².